The minimum Gasteiger partial charge on any atom is -0.454 e. The zero-order chi connectivity index (χ0) is 14.2. The Bertz CT molecular complexity index is 816. The van der Waals surface area contributed by atoms with Crippen LogP contribution in [-0.2, 0) is 6.54 Å². The number of hydrogen-bond acceptors (Lipinski definition) is 5. The molecule has 1 aromatic heterocycles. The van der Waals surface area contributed by atoms with Crippen LogP contribution in [0.25, 0.3) is 11.1 Å². The standard InChI is InChI=1S/C15H11ClN2O3/c16-10-2-3-11-13(6-10)21-15(18-11)17-7-9-1-4-12-14(5-9)20-8-19-12/h1-6H,7-8H2,(H,17,18). The second-order valence-corrected chi connectivity index (χ2v) is 5.11. The summed E-state index contributed by atoms with van der Waals surface area (Å²) < 4.78 is 16.2. The van der Waals surface area contributed by atoms with Gasteiger partial charge >= 0.3 is 0 Å². The van der Waals surface area contributed by atoms with Crippen LogP contribution in [0.5, 0.6) is 11.5 Å². The molecule has 2 heterocycles. The van der Waals surface area contributed by atoms with Crippen molar-refractivity contribution in [3.05, 3.63) is 47.0 Å². The summed E-state index contributed by atoms with van der Waals surface area (Å²) in [6.07, 6.45) is 0. The summed E-state index contributed by atoms with van der Waals surface area (Å²) in [4.78, 5) is 4.35. The van der Waals surface area contributed by atoms with Crippen LogP contribution < -0.4 is 14.8 Å². The molecular weight excluding hydrogens is 292 g/mol. The van der Waals surface area contributed by atoms with Crippen molar-refractivity contribution in [3.63, 3.8) is 0 Å². The van der Waals surface area contributed by atoms with Crippen molar-refractivity contribution < 1.29 is 13.9 Å². The molecule has 5 nitrogen and oxygen atoms in total. The SMILES string of the molecule is Clc1ccc2nc(NCc3ccc4c(c3)OCO4)oc2c1. The number of aromatic nitrogens is 1. The monoisotopic (exact) mass is 302 g/mol. The van der Waals surface area contributed by atoms with E-state index in [-0.39, 0.29) is 6.79 Å². The maximum Gasteiger partial charge on any atom is 0.295 e. The van der Waals surface area contributed by atoms with E-state index in [1.54, 1.807) is 12.1 Å². The Kier molecular flexibility index (Phi) is 2.86. The molecule has 0 amide bonds. The van der Waals surface area contributed by atoms with Crippen molar-refractivity contribution in [3.8, 4) is 11.5 Å². The highest BCUT2D eigenvalue weighted by atomic mass is 35.5. The fourth-order valence-electron chi connectivity index (χ4n) is 2.20. The molecule has 0 radical (unpaired) electrons. The molecule has 4 rings (SSSR count). The summed E-state index contributed by atoms with van der Waals surface area (Å²) in [5.74, 6) is 1.54. The van der Waals surface area contributed by atoms with Gasteiger partial charge < -0.3 is 19.2 Å². The van der Waals surface area contributed by atoms with Gasteiger partial charge in [0.25, 0.3) is 6.01 Å². The minimum atomic E-state index is 0.276. The Labute approximate surface area is 125 Å². The molecule has 0 bridgehead atoms. The number of nitrogens with zero attached hydrogens (tertiary/aromatic N) is 1. The van der Waals surface area contributed by atoms with Crippen molar-refractivity contribution in [1.82, 2.24) is 4.98 Å². The van der Waals surface area contributed by atoms with E-state index in [4.69, 9.17) is 25.5 Å². The first-order valence-electron chi connectivity index (χ1n) is 6.46. The third kappa shape index (κ3) is 2.36. The van der Waals surface area contributed by atoms with E-state index in [1.165, 1.54) is 0 Å². The lowest BCUT2D eigenvalue weighted by Crippen LogP contribution is -1.99. The molecule has 6 heteroatoms. The van der Waals surface area contributed by atoms with Gasteiger partial charge in [-0.15, -0.1) is 0 Å². The fraction of sp³-hybridized carbons (Fsp3) is 0.133. The fourth-order valence-corrected chi connectivity index (χ4v) is 2.36. The number of ether oxygens (including phenoxy) is 2. The predicted molar refractivity (Wildman–Crippen MR) is 78.9 cm³/mol. The van der Waals surface area contributed by atoms with Crippen LogP contribution in [0.1, 0.15) is 5.56 Å². The van der Waals surface area contributed by atoms with Crippen molar-refractivity contribution in [2.75, 3.05) is 12.1 Å². The van der Waals surface area contributed by atoms with Crippen LogP contribution in [0, 0.1) is 0 Å². The lowest BCUT2D eigenvalue weighted by molar-refractivity contribution is 0.174. The summed E-state index contributed by atoms with van der Waals surface area (Å²) in [5.41, 5.74) is 2.49. The maximum absolute atomic E-state index is 5.92. The second-order valence-electron chi connectivity index (χ2n) is 4.67. The summed E-state index contributed by atoms with van der Waals surface area (Å²) >= 11 is 5.92. The predicted octanol–water partition coefficient (Wildman–Crippen LogP) is 3.82. The first-order chi connectivity index (χ1) is 10.3. The molecule has 0 aliphatic carbocycles. The molecule has 0 spiro atoms. The average molecular weight is 303 g/mol. The van der Waals surface area contributed by atoms with E-state index in [1.807, 2.05) is 24.3 Å². The van der Waals surface area contributed by atoms with Crippen LogP contribution in [-0.4, -0.2) is 11.8 Å². The number of oxazole rings is 1. The van der Waals surface area contributed by atoms with Gasteiger partial charge in [0.15, 0.2) is 17.1 Å². The number of hydrogen-bond donors (Lipinski definition) is 1. The third-order valence-corrected chi connectivity index (χ3v) is 3.47. The number of benzene rings is 2. The van der Waals surface area contributed by atoms with Crippen LogP contribution in [0.4, 0.5) is 6.01 Å². The number of rotatable bonds is 3. The quantitative estimate of drug-likeness (QED) is 0.797. The van der Waals surface area contributed by atoms with Crippen molar-refractivity contribution in [2.45, 2.75) is 6.54 Å². The zero-order valence-electron chi connectivity index (χ0n) is 10.9. The Morgan fingerprint density at radius 3 is 2.95 bits per heavy atom. The van der Waals surface area contributed by atoms with Gasteiger partial charge in [-0.3, -0.25) is 0 Å². The van der Waals surface area contributed by atoms with Crippen LogP contribution in [0.15, 0.2) is 40.8 Å². The Hall–Kier alpha value is -2.40. The van der Waals surface area contributed by atoms with E-state index in [0.29, 0.717) is 23.2 Å². The molecule has 0 atom stereocenters. The largest absolute Gasteiger partial charge is 0.454 e. The summed E-state index contributed by atoms with van der Waals surface area (Å²) in [5, 5.41) is 3.77. The topological polar surface area (TPSA) is 56.5 Å². The smallest absolute Gasteiger partial charge is 0.295 e. The molecule has 1 aliphatic heterocycles. The van der Waals surface area contributed by atoms with Crippen molar-refractivity contribution >= 4 is 28.7 Å². The average Bonchev–Trinajstić information content (AvgIpc) is 3.09. The molecule has 1 aliphatic rings. The molecule has 0 saturated heterocycles. The van der Waals surface area contributed by atoms with E-state index in [9.17, 15) is 0 Å². The van der Waals surface area contributed by atoms with Crippen molar-refractivity contribution in [1.29, 1.82) is 0 Å². The van der Waals surface area contributed by atoms with E-state index < -0.39 is 0 Å². The van der Waals surface area contributed by atoms with Gasteiger partial charge in [-0.1, -0.05) is 17.7 Å². The molecule has 106 valence electrons. The Morgan fingerprint density at radius 1 is 1.10 bits per heavy atom. The van der Waals surface area contributed by atoms with Gasteiger partial charge in [-0.2, -0.15) is 4.98 Å². The lowest BCUT2D eigenvalue weighted by Gasteiger charge is -2.03. The van der Waals surface area contributed by atoms with Gasteiger partial charge in [0.05, 0.1) is 0 Å². The van der Waals surface area contributed by atoms with Crippen molar-refractivity contribution in [2.24, 2.45) is 0 Å². The van der Waals surface area contributed by atoms with Crippen LogP contribution in [0.3, 0.4) is 0 Å². The minimum absolute atomic E-state index is 0.276. The maximum atomic E-state index is 5.92. The lowest BCUT2D eigenvalue weighted by atomic mass is 10.2. The Balaban J connectivity index is 1.52. The summed E-state index contributed by atoms with van der Waals surface area (Å²) in [6.45, 7) is 0.856. The first kappa shape index (κ1) is 12.3. The molecule has 1 N–H and O–H groups in total. The second kappa shape index (κ2) is 4.86. The highest BCUT2D eigenvalue weighted by molar-refractivity contribution is 6.31. The highest BCUT2D eigenvalue weighted by Crippen LogP contribution is 2.32. The first-order valence-corrected chi connectivity index (χ1v) is 6.84. The summed E-state index contributed by atoms with van der Waals surface area (Å²) in [7, 11) is 0. The molecule has 0 saturated carbocycles. The number of halogens is 1. The van der Waals surface area contributed by atoms with Gasteiger partial charge in [-0.25, -0.2) is 0 Å². The molecule has 21 heavy (non-hydrogen) atoms. The van der Waals surface area contributed by atoms with Gasteiger partial charge in [0, 0.05) is 17.6 Å². The zero-order valence-corrected chi connectivity index (χ0v) is 11.7. The molecule has 0 fully saturated rings. The van der Waals surface area contributed by atoms with E-state index in [0.717, 1.165) is 22.6 Å². The third-order valence-electron chi connectivity index (χ3n) is 3.23. The van der Waals surface area contributed by atoms with E-state index in [2.05, 4.69) is 10.3 Å². The Morgan fingerprint density at radius 2 is 2.00 bits per heavy atom. The molecule has 2 aromatic carbocycles. The number of fused-ring (bicyclic) bond motifs is 2. The van der Waals surface area contributed by atoms with Gasteiger partial charge in [0.2, 0.25) is 6.79 Å². The van der Waals surface area contributed by atoms with Crippen LogP contribution >= 0.6 is 11.6 Å². The molecular formula is C15H11ClN2O3. The van der Waals surface area contributed by atoms with Crippen LogP contribution in [0.2, 0.25) is 5.02 Å². The highest BCUT2D eigenvalue weighted by Gasteiger charge is 2.13. The number of nitrogens with one attached hydrogen (secondary N) is 1. The summed E-state index contributed by atoms with van der Waals surface area (Å²) in [6, 6.07) is 11.6. The van der Waals surface area contributed by atoms with Gasteiger partial charge in [0.1, 0.15) is 5.52 Å². The number of anilines is 1. The van der Waals surface area contributed by atoms with Gasteiger partial charge in [-0.05, 0) is 29.8 Å². The normalized spacial score (nSPS) is 12.8. The molecule has 3 aromatic rings. The molecule has 0 unspecified atom stereocenters. The van der Waals surface area contributed by atoms with E-state index >= 15 is 0 Å².